The molecule has 0 bridgehead atoms. The number of aromatic amines is 1. The number of hydrogen-bond donors (Lipinski definition) is 1. The molecule has 1 N–H and O–H groups in total. The number of hydrogen-bond acceptors (Lipinski definition) is 3. The number of nitrogens with zero attached hydrogens (tertiary/aromatic N) is 2. The summed E-state index contributed by atoms with van der Waals surface area (Å²) in [5, 5.41) is 9.37. The van der Waals surface area contributed by atoms with Crippen LogP contribution in [0.3, 0.4) is 0 Å². The predicted molar refractivity (Wildman–Crippen MR) is 91.7 cm³/mol. The van der Waals surface area contributed by atoms with E-state index in [1.807, 2.05) is 60.7 Å². The Balaban J connectivity index is 1.90. The Kier molecular flexibility index (Phi) is 4.21. The zero-order valence-corrected chi connectivity index (χ0v) is 12.7. The standard InChI is InChI=1S/C19H15N3O/c1-23-18-12-5-2-7-14(18)8-6-9-15(13-20)19-21-16-10-3-4-11-17(16)22-19/h2-12H,1H3,(H,21,22)/b8-6+,15-9-. The number of H-pyrrole nitrogens is 1. The number of benzene rings is 2. The molecule has 112 valence electrons. The second-order valence-corrected chi connectivity index (χ2v) is 4.90. The average molecular weight is 301 g/mol. The van der Waals surface area contributed by atoms with Gasteiger partial charge in [-0.1, -0.05) is 42.5 Å². The lowest BCUT2D eigenvalue weighted by molar-refractivity contribution is 0.414. The molecular weight excluding hydrogens is 286 g/mol. The first-order valence-electron chi connectivity index (χ1n) is 7.18. The quantitative estimate of drug-likeness (QED) is 0.580. The van der Waals surface area contributed by atoms with Gasteiger partial charge >= 0.3 is 0 Å². The Hall–Kier alpha value is -3.32. The molecule has 2 aromatic carbocycles. The van der Waals surface area contributed by atoms with E-state index >= 15 is 0 Å². The maximum atomic E-state index is 9.37. The summed E-state index contributed by atoms with van der Waals surface area (Å²) in [5.41, 5.74) is 3.19. The van der Waals surface area contributed by atoms with Crippen molar-refractivity contribution in [3.63, 3.8) is 0 Å². The molecule has 0 aliphatic rings. The first-order valence-corrected chi connectivity index (χ1v) is 7.18. The molecule has 3 aromatic rings. The molecule has 1 aromatic heterocycles. The lowest BCUT2D eigenvalue weighted by atomic mass is 10.1. The van der Waals surface area contributed by atoms with Gasteiger partial charge in [0.2, 0.25) is 0 Å². The summed E-state index contributed by atoms with van der Waals surface area (Å²) >= 11 is 0. The van der Waals surface area contributed by atoms with Crippen molar-refractivity contribution in [3.8, 4) is 11.8 Å². The van der Waals surface area contributed by atoms with Gasteiger partial charge in [-0.25, -0.2) is 4.98 Å². The molecule has 23 heavy (non-hydrogen) atoms. The Morgan fingerprint density at radius 1 is 1.17 bits per heavy atom. The SMILES string of the molecule is COc1ccccc1/C=C/C=C(/C#N)c1nc2ccccc2[nH]1. The molecule has 0 amide bonds. The number of methoxy groups -OCH3 is 1. The van der Waals surface area contributed by atoms with Crippen LogP contribution in [0.4, 0.5) is 0 Å². The van der Waals surface area contributed by atoms with Crippen molar-refractivity contribution in [3.05, 3.63) is 72.1 Å². The third-order valence-corrected chi connectivity index (χ3v) is 3.44. The number of allylic oxidation sites excluding steroid dienone is 3. The van der Waals surface area contributed by atoms with Crippen molar-refractivity contribution in [2.24, 2.45) is 0 Å². The van der Waals surface area contributed by atoms with Crippen molar-refractivity contribution < 1.29 is 4.74 Å². The van der Waals surface area contributed by atoms with Crippen molar-refractivity contribution in [2.75, 3.05) is 7.11 Å². The van der Waals surface area contributed by atoms with Crippen LogP contribution in [-0.4, -0.2) is 17.1 Å². The molecule has 0 radical (unpaired) electrons. The minimum absolute atomic E-state index is 0.479. The van der Waals surface area contributed by atoms with Gasteiger partial charge in [0, 0.05) is 5.56 Å². The molecule has 3 rings (SSSR count). The van der Waals surface area contributed by atoms with Gasteiger partial charge in [-0.05, 0) is 24.3 Å². The third kappa shape index (κ3) is 3.14. The minimum atomic E-state index is 0.479. The van der Waals surface area contributed by atoms with E-state index in [0.717, 1.165) is 22.3 Å². The van der Waals surface area contributed by atoms with Crippen LogP contribution in [-0.2, 0) is 0 Å². The highest BCUT2D eigenvalue weighted by atomic mass is 16.5. The van der Waals surface area contributed by atoms with E-state index in [1.165, 1.54) is 0 Å². The van der Waals surface area contributed by atoms with E-state index in [9.17, 15) is 5.26 Å². The van der Waals surface area contributed by atoms with E-state index in [4.69, 9.17) is 4.74 Å². The molecule has 4 heteroatoms. The van der Waals surface area contributed by atoms with Gasteiger partial charge in [-0.15, -0.1) is 0 Å². The summed E-state index contributed by atoms with van der Waals surface area (Å²) in [6.45, 7) is 0. The van der Waals surface area contributed by atoms with Crippen LogP contribution in [0.5, 0.6) is 5.75 Å². The summed E-state index contributed by atoms with van der Waals surface area (Å²) < 4.78 is 5.30. The van der Waals surface area contributed by atoms with Crippen molar-refractivity contribution in [2.45, 2.75) is 0 Å². The Bertz CT molecular complexity index is 896. The molecule has 0 atom stereocenters. The highest BCUT2D eigenvalue weighted by molar-refractivity contribution is 5.83. The summed E-state index contributed by atoms with van der Waals surface area (Å²) in [6, 6.07) is 17.6. The van der Waals surface area contributed by atoms with Crippen LogP contribution in [0.2, 0.25) is 0 Å². The van der Waals surface area contributed by atoms with Crippen LogP contribution >= 0.6 is 0 Å². The van der Waals surface area contributed by atoms with Crippen molar-refractivity contribution in [1.29, 1.82) is 5.26 Å². The van der Waals surface area contributed by atoms with Crippen LogP contribution in [0.25, 0.3) is 22.7 Å². The zero-order chi connectivity index (χ0) is 16.1. The summed E-state index contributed by atoms with van der Waals surface area (Å²) in [7, 11) is 1.64. The van der Waals surface area contributed by atoms with E-state index in [-0.39, 0.29) is 0 Å². The smallest absolute Gasteiger partial charge is 0.149 e. The lowest BCUT2D eigenvalue weighted by Crippen LogP contribution is -1.85. The van der Waals surface area contributed by atoms with Gasteiger partial charge in [0.05, 0.1) is 23.7 Å². The fraction of sp³-hybridized carbons (Fsp3) is 0.0526. The fourth-order valence-electron chi connectivity index (χ4n) is 2.30. The highest BCUT2D eigenvalue weighted by Crippen LogP contribution is 2.20. The normalized spacial score (nSPS) is 11.7. The molecular formula is C19H15N3O. The zero-order valence-electron chi connectivity index (χ0n) is 12.7. The number of ether oxygens (including phenoxy) is 1. The topological polar surface area (TPSA) is 61.7 Å². The summed E-state index contributed by atoms with van der Waals surface area (Å²) in [6.07, 6.45) is 5.46. The van der Waals surface area contributed by atoms with Gasteiger partial charge in [0.25, 0.3) is 0 Å². The number of aromatic nitrogens is 2. The predicted octanol–water partition coefficient (Wildman–Crippen LogP) is 4.19. The van der Waals surface area contributed by atoms with Crippen LogP contribution in [0, 0.1) is 11.3 Å². The van der Waals surface area contributed by atoms with Crippen LogP contribution in [0.15, 0.2) is 60.7 Å². The number of rotatable bonds is 4. The van der Waals surface area contributed by atoms with Crippen LogP contribution < -0.4 is 4.74 Å². The van der Waals surface area contributed by atoms with Crippen molar-refractivity contribution >= 4 is 22.7 Å². The molecule has 4 nitrogen and oxygen atoms in total. The maximum Gasteiger partial charge on any atom is 0.149 e. The molecule has 0 saturated heterocycles. The maximum absolute atomic E-state index is 9.37. The summed E-state index contributed by atoms with van der Waals surface area (Å²) in [5.74, 6) is 1.36. The highest BCUT2D eigenvalue weighted by Gasteiger charge is 2.06. The van der Waals surface area contributed by atoms with E-state index in [0.29, 0.717) is 11.4 Å². The van der Waals surface area contributed by atoms with Gasteiger partial charge in [0.15, 0.2) is 0 Å². The van der Waals surface area contributed by atoms with Gasteiger partial charge < -0.3 is 9.72 Å². The van der Waals surface area contributed by atoms with Crippen LogP contribution in [0.1, 0.15) is 11.4 Å². The molecule has 0 aliphatic heterocycles. The van der Waals surface area contributed by atoms with Crippen molar-refractivity contribution in [1.82, 2.24) is 9.97 Å². The molecule has 0 fully saturated rings. The molecule has 0 spiro atoms. The average Bonchev–Trinajstić information content (AvgIpc) is 3.03. The molecule has 0 unspecified atom stereocenters. The minimum Gasteiger partial charge on any atom is -0.496 e. The van der Waals surface area contributed by atoms with Gasteiger partial charge in [-0.3, -0.25) is 0 Å². The monoisotopic (exact) mass is 301 g/mol. The summed E-state index contributed by atoms with van der Waals surface area (Å²) in [4.78, 5) is 7.60. The second-order valence-electron chi connectivity index (χ2n) is 4.90. The second kappa shape index (κ2) is 6.63. The van der Waals surface area contributed by atoms with Gasteiger partial charge in [-0.2, -0.15) is 5.26 Å². The molecule has 1 heterocycles. The van der Waals surface area contributed by atoms with E-state index in [1.54, 1.807) is 13.2 Å². The Labute approximate surface area is 134 Å². The Morgan fingerprint density at radius 3 is 2.74 bits per heavy atom. The number of nitrogens with one attached hydrogen (secondary N) is 1. The number of fused-ring (bicyclic) bond motifs is 1. The first-order chi connectivity index (χ1) is 11.3. The molecule has 0 saturated carbocycles. The fourth-order valence-corrected chi connectivity index (χ4v) is 2.30. The number of para-hydroxylation sites is 3. The number of imidazole rings is 1. The van der Waals surface area contributed by atoms with E-state index < -0.39 is 0 Å². The Morgan fingerprint density at radius 2 is 1.96 bits per heavy atom. The molecule has 0 aliphatic carbocycles. The first kappa shape index (κ1) is 14.6. The lowest BCUT2D eigenvalue weighted by Gasteiger charge is -2.02. The van der Waals surface area contributed by atoms with E-state index in [2.05, 4.69) is 16.0 Å². The van der Waals surface area contributed by atoms with Gasteiger partial charge in [0.1, 0.15) is 17.6 Å². The number of nitriles is 1. The largest absolute Gasteiger partial charge is 0.496 e. The third-order valence-electron chi connectivity index (χ3n) is 3.44.